The van der Waals surface area contributed by atoms with Gasteiger partial charge >= 0.3 is 0 Å². The molecule has 346 valence electrons. The molecule has 0 atom stereocenters. The van der Waals surface area contributed by atoms with Crippen molar-refractivity contribution in [1.29, 1.82) is 0 Å². The Hall–Kier alpha value is -5.06. The van der Waals surface area contributed by atoms with E-state index in [0.717, 1.165) is 79.7 Å². The Labute approximate surface area is 382 Å². The first-order valence-electron chi connectivity index (χ1n) is 23.1. The first-order chi connectivity index (χ1) is 29.9. The molecule has 2 aliphatic rings. The highest BCUT2D eigenvalue weighted by atomic mass is 16.5. The molecule has 6 N–H and O–H groups in total. The number of aromatic hydroxyl groups is 2. The van der Waals surface area contributed by atoms with Gasteiger partial charge in [0.25, 0.3) is 11.8 Å². The van der Waals surface area contributed by atoms with Crippen LogP contribution in [0, 0.1) is 0 Å². The first kappa shape index (κ1) is 48.4. The molecular formula is C54H74N4O6. The fourth-order valence-electron chi connectivity index (χ4n) is 8.40. The van der Waals surface area contributed by atoms with Crippen molar-refractivity contribution in [3.8, 4) is 23.0 Å². The van der Waals surface area contributed by atoms with E-state index in [0.29, 0.717) is 56.8 Å². The van der Waals surface area contributed by atoms with E-state index in [9.17, 15) is 19.8 Å². The summed E-state index contributed by atoms with van der Waals surface area (Å²) in [5, 5.41) is 37.7. The van der Waals surface area contributed by atoms with Gasteiger partial charge in [-0.25, -0.2) is 0 Å². The molecule has 4 aromatic rings. The molecule has 2 amide bonds. The van der Waals surface area contributed by atoms with Crippen LogP contribution in [0.3, 0.4) is 0 Å². The fraction of sp³-hybridized carbons (Fsp3) is 0.519. The molecule has 0 saturated carbocycles. The number of benzene rings is 4. The van der Waals surface area contributed by atoms with E-state index in [4.69, 9.17) is 9.47 Å². The third kappa shape index (κ3) is 12.0. The lowest BCUT2D eigenvalue weighted by Crippen LogP contribution is -2.38. The molecule has 6 rings (SSSR count). The van der Waals surface area contributed by atoms with Gasteiger partial charge in [-0.1, -0.05) is 132 Å². The zero-order valence-electron chi connectivity index (χ0n) is 40.6. The lowest BCUT2D eigenvalue weighted by atomic mass is 9.79. The van der Waals surface area contributed by atoms with E-state index in [2.05, 4.69) is 153 Å². The molecular weight excluding hydrogens is 801 g/mol. The molecule has 0 unspecified atom stereocenters. The molecule has 10 bridgehead atoms. The van der Waals surface area contributed by atoms with E-state index in [1.807, 2.05) is 0 Å². The van der Waals surface area contributed by atoms with Crippen LogP contribution in [0.4, 0.5) is 0 Å². The van der Waals surface area contributed by atoms with Gasteiger partial charge < -0.3 is 35.6 Å². The van der Waals surface area contributed by atoms with Crippen LogP contribution in [-0.4, -0.2) is 68.1 Å². The predicted octanol–water partition coefficient (Wildman–Crippen LogP) is 8.49. The maximum atomic E-state index is 13.5. The largest absolute Gasteiger partial charge is 0.507 e. The number of rotatable bonds is 0. The lowest BCUT2D eigenvalue weighted by Gasteiger charge is -2.28. The van der Waals surface area contributed by atoms with Gasteiger partial charge in [0.1, 0.15) is 23.0 Å². The quantitative estimate of drug-likeness (QED) is 0.0911. The third-order valence-electron chi connectivity index (χ3n) is 12.4. The molecule has 1 aliphatic carbocycles. The highest BCUT2D eigenvalue weighted by Crippen LogP contribution is 2.43. The minimum Gasteiger partial charge on any atom is -0.507 e. The number of carbonyl (C=O) groups is 2. The Balaban J connectivity index is 1.70. The van der Waals surface area contributed by atoms with Crippen LogP contribution in [-0.2, 0) is 56.9 Å². The van der Waals surface area contributed by atoms with E-state index < -0.39 is 0 Å². The van der Waals surface area contributed by atoms with Gasteiger partial charge in [-0.15, -0.1) is 0 Å². The standard InChI is InChI=1S/C54H74N4O6/c1-51(2,3)41-22-33-18-37-26-43(53(7,8)9)27-38-19-34-23-42(52(4,5)6)25-36(48(34)62)21-40-29-44(54(10,11)12)28-39(20-35(24-41)47(33)61)50(40)64-31-46(60)58-32-56-15-13-14-55-16-17-57-45(59)30-63-49(37)38/h22-29,55-56,61-62H,13-21,30-32H2,1-12H3,(H,57,59)(H,58,60). The molecule has 0 aromatic heterocycles. The highest BCUT2D eigenvalue weighted by Gasteiger charge is 2.29. The summed E-state index contributed by atoms with van der Waals surface area (Å²) >= 11 is 0. The summed E-state index contributed by atoms with van der Waals surface area (Å²) in [5.41, 5.74) is 9.53. The van der Waals surface area contributed by atoms with Gasteiger partial charge in [0, 0.05) is 38.8 Å². The summed E-state index contributed by atoms with van der Waals surface area (Å²) in [6.45, 7) is 28.5. The summed E-state index contributed by atoms with van der Waals surface area (Å²) in [4.78, 5) is 26.9. The number of phenols is 2. The number of phenolic OH excluding ortho intramolecular Hbond substituents is 2. The predicted molar refractivity (Wildman–Crippen MR) is 258 cm³/mol. The molecule has 0 spiro atoms. The zero-order valence-corrected chi connectivity index (χ0v) is 40.6. The van der Waals surface area contributed by atoms with Gasteiger partial charge in [0.05, 0.1) is 6.67 Å². The van der Waals surface area contributed by atoms with Gasteiger partial charge in [-0.2, -0.15) is 0 Å². The average Bonchev–Trinajstić information content (AvgIpc) is 3.18. The fourth-order valence-corrected chi connectivity index (χ4v) is 8.40. The van der Waals surface area contributed by atoms with E-state index in [1.54, 1.807) is 0 Å². The van der Waals surface area contributed by atoms with Crippen LogP contribution in [0.1, 0.15) is 156 Å². The Morgan fingerprint density at radius 3 is 1.08 bits per heavy atom. The van der Waals surface area contributed by atoms with Crippen molar-refractivity contribution in [3.63, 3.8) is 0 Å². The van der Waals surface area contributed by atoms with Gasteiger partial charge in [0.2, 0.25) is 0 Å². The van der Waals surface area contributed by atoms with Crippen molar-refractivity contribution in [1.82, 2.24) is 21.3 Å². The summed E-state index contributed by atoms with van der Waals surface area (Å²) < 4.78 is 13.3. The minimum atomic E-state index is -0.265. The maximum Gasteiger partial charge on any atom is 0.258 e. The van der Waals surface area contributed by atoms with E-state index in [-0.39, 0.29) is 64.9 Å². The summed E-state index contributed by atoms with van der Waals surface area (Å²) in [5.74, 6) is 0.999. The Morgan fingerprint density at radius 2 is 0.734 bits per heavy atom. The molecule has 10 heteroatoms. The average molecular weight is 875 g/mol. The molecule has 0 fully saturated rings. The monoisotopic (exact) mass is 875 g/mol. The van der Waals surface area contributed by atoms with Crippen LogP contribution in [0.2, 0.25) is 0 Å². The normalized spacial score (nSPS) is 16.6. The summed E-state index contributed by atoms with van der Waals surface area (Å²) in [6.07, 6.45) is 2.13. The van der Waals surface area contributed by atoms with Gasteiger partial charge in [-0.05, 0) is 108 Å². The number of fused-ring (bicyclic) bond motifs is 2. The molecule has 64 heavy (non-hydrogen) atoms. The molecule has 0 saturated heterocycles. The minimum absolute atomic E-state index is 0.180. The lowest BCUT2D eigenvalue weighted by molar-refractivity contribution is -0.123. The van der Waals surface area contributed by atoms with Gasteiger partial charge in [0.15, 0.2) is 13.2 Å². The molecule has 4 aromatic carbocycles. The van der Waals surface area contributed by atoms with Crippen molar-refractivity contribution in [2.24, 2.45) is 0 Å². The number of carbonyl (C=O) groups excluding carboxylic acids is 2. The summed E-state index contributed by atoms with van der Waals surface area (Å²) in [6, 6.07) is 17.0. The number of amides is 2. The van der Waals surface area contributed by atoms with Crippen LogP contribution in [0.15, 0.2) is 48.5 Å². The van der Waals surface area contributed by atoms with Crippen LogP contribution < -0.4 is 30.7 Å². The van der Waals surface area contributed by atoms with Crippen molar-refractivity contribution >= 4 is 11.8 Å². The molecule has 1 aliphatic heterocycles. The number of nitrogens with one attached hydrogen (secondary N) is 4. The maximum absolute atomic E-state index is 13.5. The SMILES string of the molecule is CC(C)(C)c1cc2c(O)c(c1)Cc1cc(C(C)(C)C)cc3c1OCC(=O)NCNCCCNCCNC(=O)COc1c(cc(C(C)(C)C)cc1Cc1cc(C(C)(C)C)cc(c1O)C3)C2. The van der Waals surface area contributed by atoms with Gasteiger partial charge in [-0.3, -0.25) is 14.9 Å². The van der Waals surface area contributed by atoms with Crippen molar-refractivity contribution in [2.45, 2.75) is 137 Å². The molecule has 10 nitrogen and oxygen atoms in total. The second-order valence-corrected chi connectivity index (χ2v) is 22.0. The summed E-state index contributed by atoms with van der Waals surface area (Å²) in [7, 11) is 0. The number of ether oxygens (including phenoxy) is 2. The topological polar surface area (TPSA) is 141 Å². The molecule has 1 heterocycles. The van der Waals surface area contributed by atoms with E-state index >= 15 is 0 Å². The van der Waals surface area contributed by atoms with Crippen molar-refractivity contribution < 1.29 is 29.3 Å². The Kier molecular flexibility index (Phi) is 14.5. The number of hydrogen-bond donors (Lipinski definition) is 6. The smallest absolute Gasteiger partial charge is 0.258 e. The number of hydrogen-bond acceptors (Lipinski definition) is 8. The second-order valence-electron chi connectivity index (χ2n) is 22.0. The van der Waals surface area contributed by atoms with Crippen LogP contribution in [0.25, 0.3) is 0 Å². The Morgan fingerprint density at radius 1 is 0.422 bits per heavy atom. The Bertz CT molecular complexity index is 2090. The zero-order chi connectivity index (χ0) is 46.8. The van der Waals surface area contributed by atoms with E-state index in [1.165, 1.54) is 0 Å². The second kappa shape index (κ2) is 19.2. The van der Waals surface area contributed by atoms with Crippen molar-refractivity contribution in [3.05, 3.63) is 115 Å². The van der Waals surface area contributed by atoms with Crippen LogP contribution >= 0.6 is 0 Å². The third-order valence-corrected chi connectivity index (χ3v) is 12.4. The highest BCUT2D eigenvalue weighted by molar-refractivity contribution is 5.78. The van der Waals surface area contributed by atoms with Crippen molar-refractivity contribution in [2.75, 3.05) is 46.1 Å². The van der Waals surface area contributed by atoms with Crippen LogP contribution in [0.5, 0.6) is 23.0 Å². The first-order valence-corrected chi connectivity index (χ1v) is 23.1. The molecule has 0 radical (unpaired) electrons.